The smallest absolute Gasteiger partial charge is 0.271 e. The summed E-state index contributed by atoms with van der Waals surface area (Å²) in [6.07, 6.45) is 3.92. The number of halogens is 1. The molecular formula is C11H16ClN3O2. The molecule has 0 saturated carbocycles. The van der Waals surface area contributed by atoms with Crippen LogP contribution in [0.1, 0.15) is 37.2 Å². The summed E-state index contributed by atoms with van der Waals surface area (Å²) in [7, 11) is 0. The van der Waals surface area contributed by atoms with Crippen LogP contribution in [-0.4, -0.2) is 33.1 Å². The van der Waals surface area contributed by atoms with Crippen molar-refractivity contribution >= 4 is 17.5 Å². The molecule has 0 fully saturated rings. The molecule has 6 heteroatoms. The Labute approximate surface area is 105 Å². The number of nitrogens with zero attached hydrogens (tertiary/aromatic N) is 2. The van der Waals surface area contributed by atoms with Gasteiger partial charge in [-0.1, -0.05) is 25.4 Å². The minimum absolute atomic E-state index is 0.104. The van der Waals surface area contributed by atoms with Crippen molar-refractivity contribution in [2.45, 2.75) is 32.2 Å². The molecule has 17 heavy (non-hydrogen) atoms. The third-order valence-electron chi connectivity index (χ3n) is 2.89. The maximum Gasteiger partial charge on any atom is 0.271 e. The Morgan fingerprint density at radius 3 is 2.47 bits per heavy atom. The second kappa shape index (κ2) is 5.93. The van der Waals surface area contributed by atoms with Gasteiger partial charge in [-0.15, -0.1) is 0 Å². The first-order chi connectivity index (χ1) is 8.06. The number of hydrogen-bond acceptors (Lipinski definition) is 4. The third kappa shape index (κ3) is 3.38. The highest BCUT2D eigenvalue weighted by Gasteiger charge is 2.28. The van der Waals surface area contributed by atoms with Gasteiger partial charge in [0, 0.05) is 0 Å². The number of hydrogen-bond donors (Lipinski definition) is 2. The predicted molar refractivity (Wildman–Crippen MR) is 64.9 cm³/mol. The standard InChI is InChI=1S/C11H16ClN3O2/c1-3-11(4-2,7-16)15-10(17)8-5-14-9(12)6-13-8/h5-6,16H,3-4,7H2,1-2H3,(H,15,17). The van der Waals surface area contributed by atoms with E-state index >= 15 is 0 Å². The Morgan fingerprint density at radius 1 is 1.41 bits per heavy atom. The zero-order chi connectivity index (χ0) is 12.9. The lowest BCUT2D eigenvalue weighted by Gasteiger charge is -2.30. The molecule has 0 aromatic carbocycles. The summed E-state index contributed by atoms with van der Waals surface area (Å²) in [5.41, 5.74) is -0.410. The molecule has 1 amide bonds. The topological polar surface area (TPSA) is 75.1 Å². The quantitative estimate of drug-likeness (QED) is 0.836. The van der Waals surface area contributed by atoms with Gasteiger partial charge in [-0.3, -0.25) is 4.79 Å². The predicted octanol–water partition coefficient (Wildman–Crippen LogP) is 1.41. The monoisotopic (exact) mass is 257 g/mol. The van der Waals surface area contributed by atoms with E-state index in [4.69, 9.17) is 11.6 Å². The van der Waals surface area contributed by atoms with Crippen molar-refractivity contribution in [3.63, 3.8) is 0 Å². The first-order valence-corrected chi connectivity index (χ1v) is 5.85. The van der Waals surface area contributed by atoms with Crippen molar-refractivity contribution in [2.75, 3.05) is 6.61 Å². The average Bonchev–Trinajstić information content (AvgIpc) is 2.37. The van der Waals surface area contributed by atoms with E-state index in [9.17, 15) is 9.90 Å². The molecule has 0 atom stereocenters. The van der Waals surface area contributed by atoms with E-state index < -0.39 is 5.54 Å². The molecule has 1 aromatic heterocycles. The normalized spacial score (nSPS) is 11.3. The highest BCUT2D eigenvalue weighted by atomic mass is 35.5. The van der Waals surface area contributed by atoms with Crippen LogP contribution in [-0.2, 0) is 0 Å². The molecule has 0 radical (unpaired) electrons. The Hall–Kier alpha value is -1.20. The highest BCUT2D eigenvalue weighted by Crippen LogP contribution is 2.14. The average molecular weight is 258 g/mol. The highest BCUT2D eigenvalue weighted by molar-refractivity contribution is 6.29. The molecule has 0 spiro atoms. The van der Waals surface area contributed by atoms with Gasteiger partial charge in [-0.25, -0.2) is 9.97 Å². The number of aliphatic hydroxyl groups excluding tert-OH is 1. The molecule has 0 aliphatic heterocycles. The Balaban J connectivity index is 2.81. The molecule has 0 bridgehead atoms. The fourth-order valence-electron chi connectivity index (χ4n) is 1.42. The van der Waals surface area contributed by atoms with Gasteiger partial charge < -0.3 is 10.4 Å². The van der Waals surface area contributed by atoms with E-state index in [1.165, 1.54) is 12.4 Å². The molecule has 2 N–H and O–H groups in total. The number of nitrogens with one attached hydrogen (secondary N) is 1. The molecule has 1 aromatic rings. The zero-order valence-electron chi connectivity index (χ0n) is 9.90. The van der Waals surface area contributed by atoms with E-state index in [0.29, 0.717) is 12.8 Å². The first kappa shape index (κ1) is 13.9. The van der Waals surface area contributed by atoms with E-state index in [-0.39, 0.29) is 23.4 Å². The minimum Gasteiger partial charge on any atom is -0.394 e. The van der Waals surface area contributed by atoms with Gasteiger partial charge in [0.05, 0.1) is 24.5 Å². The van der Waals surface area contributed by atoms with Crippen molar-refractivity contribution in [3.8, 4) is 0 Å². The van der Waals surface area contributed by atoms with Gasteiger partial charge in [0.2, 0.25) is 0 Å². The molecule has 0 aliphatic rings. The molecule has 1 heterocycles. The van der Waals surface area contributed by atoms with Gasteiger partial charge >= 0.3 is 0 Å². The lowest BCUT2D eigenvalue weighted by Crippen LogP contribution is -2.50. The third-order valence-corrected chi connectivity index (χ3v) is 3.08. The van der Waals surface area contributed by atoms with Crippen LogP contribution in [0.2, 0.25) is 5.15 Å². The second-order valence-electron chi connectivity index (χ2n) is 3.82. The Morgan fingerprint density at radius 2 is 2.06 bits per heavy atom. The van der Waals surface area contributed by atoms with Crippen molar-refractivity contribution in [2.24, 2.45) is 0 Å². The number of amides is 1. The van der Waals surface area contributed by atoms with Gasteiger partial charge in [-0.05, 0) is 12.8 Å². The van der Waals surface area contributed by atoms with Crippen molar-refractivity contribution in [1.29, 1.82) is 0 Å². The zero-order valence-corrected chi connectivity index (χ0v) is 10.7. The SMILES string of the molecule is CCC(CC)(CO)NC(=O)c1cnc(Cl)cn1. The van der Waals surface area contributed by atoms with E-state index in [2.05, 4.69) is 15.3 Å². The summed E-state index contributed by atoms with van der Waals surface area (Å²) in [4.78, 5) is 19.5. The summed E-state index contributed by atoms with van der Waals surface area (Å²) in [5.74, 6) is -0.355. The van der Waals surface area contributed by atoms with Crippen LogP contribution in [0.5, 0.6) is 0 Å². The summed E-state index contributed by atoms with van der Waals surface area (Å²) in [5, 5.41) is 12.4. The van der Waals surface area contributed by atoms with Crippen LogP contribution < -0.4 is 5.32 Å². The van der Waals surface area contributed by atoms with Crippen LogP contribution in [0.4, 0.5) is 0 Å². The Bertz CT molecular complexity index is 369. The maximum absolute atomic E-state index is 11.9. The molecular weight excluding hydrogens is 242 g/mol. The van der Waals surface area contributed by atoms with E-state index in [1.807, 2.05) is 13.8 Å². The second-order valence-corrected chi connectivity index (χ2v) is 4.21. The van der Waals surface area contributed by atoms with Gasteiger partial charge in [0.15, 0.2) is 0 Å². The summed E-state index contributed by atoms with van der Waals surface area (Å²) in [6.45, 7) is 3.72. The molecule has 0 unspecified atom stereocenters. The van der Waals surface area contributed by atoms with E-state index in [0.717, 1.165) is 0 Å². The number of rotatable bonds is 5. The van der Waals surface area contributed by atoms with Crippen LogP contribution in [0.25, 0.3) is 0 Å². The van der Waals surface area contributed by atoms with Crippen LogP contribution in [0.3, 0.4) is 0 Å². The summed E-state index contributed by atoms with van der Waals surface area (Å²) < 4.78 is 0. The lowest BCUT2D eigenvalue weighted by molar-refractivity contribution is 0.0812. The number of carbonyl (C=O) groups excluding carboxylic acids is 1. The van der Waals surface area contributed by atoms with Gasteiger partial charge in [0.1, 0.15) is 10.8 Å². The number of aliphatic hydroxyl groups is 1. The van der Waals surface area contributed by atoms with Gasteiger partial charge in [0.25, 0.3) is 5.91 Å². The fraction of sp³-hybridized carbons (Fsp3) is 0.545. The molecule has 0 aliphatic carbocycles. The Kier molecular flexibility index (Phi) is 4.84. The first-order valence-electron chi connectivity index (χ1n) is 5.48. The van der Waals surface area contributed by atoms with E-state index in [1.54, 1.807) is 0 Å². The van der Waals surface area contributed by atoms with Gasteiger partial charge in [-0.2, -0.15) is 0 Å². The minimum atomic E-state index is -0.599. The number of aromatic nitrogens is 2. The van der Waals surface area contributed by atoms with Crippen molar-refractivity contribution in [1.82, 2.24) is 15.3 Å². The van der Waals surface area contributed by atoms with Crippen LogP contribution >= 0.6 is 11.6 Å². The molecule has 94 valence electrons. The number of carbonyl (C=O) groups is 1. The molecule has 0 saturated heterocycles. The van der Waals surface area contributed by atoms with Crippen LogP contribution in [0, 0.1) is 0 Å². The van der Waals surface area contributed by atoms with Crippen molar-refractivity contribution in [3.05, 3.63) is 23.2 Å². The van der Waals surface area contributed by atoms with Crippen LogP contribution in [0.15, 0.2) is 12.4 Å². The largest absolute Gasteiger partial charge is 0.394 e. The van der Waals surface area contributed by atoms with Crippen molar-refractivity contribution < 1.29 is 9.90 Å². The summed E-state index contributed by atoms with van der Waals surface area (Å²) in [6, 6.07) is 0. The maximum atomic E-state index is 11.9. The summed E-state index contributed by atoms with van der Waals surface area (Å²) >= 11 is 5.59. The fourth-order valence-corrected chi connectivity index (χ4v) is 1.52. The molecule has 5 nitrogen and oxygen atoms in total. The lowest BCUT2D eigenvalue weighted by atomic mass is 9.94. The molecule has 1 rings (SSSR count).